The minimum atomic E-state index is -1.83. The quantitative estimate of drug-likeness (QED) is 0.157. The molecule has 1 fully saturated rings. The number of ether oxygens (including phenoxy) is 2. The number of amides is 2. The number of nitrogens with one attached hydrogen (secondary N) is 2. The SMILES string of the molecule is C=C([O-])[C@@]1(OCCCC)CC(O)[C@@H](NC(C)=O)C(C(O)CCNC(=O)c2ccc(-c3cccs3)cc2)O1.CCC.[Na+]. The van der Waals surface area contributed by atoms with E-state index in [0.717, 1.165) is 16.9 Å². The average Bonchev–Trinajstić information content (AvgIpc) is 3.45. The van der Waals surface area contributed by atoms with Crippen LogP contribution in [0.25, 0.3) is 10.4 Å². The van der Waals surface area contributed by atoms with Crippen LogP contribution in [0, 0.1) is 0 Å². The molecule has 4 N–H and O–H groups in total. The molecule has 1 aliphatic rings. The van der Waals surface area contributed by atoms with Crippen LogP contribution in [0.15, 0.2) is 54.1 Å². The number of aliphatic hydroxyl groups is 2. The third-order valence-corrected chi connectivity index (χ3v) is 7.18. The van der Waals surface area contributed by atoms with Gasteiger partial charge in [0.2, 0.25) is 5.91 Å². The van der Waals surface area contributed by atoms with Crippen molar-refractivity contribution in [1.29, 1.82) is 0 Å². The Morgan fingerprint density at radius 2 is 1.90 bits per heavy atom. The van der Waals surface area contributed by atoms with E-state index >= 15 is 0 Å². The van der Waals surface area contributed by atoms with Crippen molar-refractivity contribution in [1.82, 2.24) is 10.6 Å². The van der Waals surface area contributed by atoms with Crippen LogP contribution >= 0.6 is 11.3 Å². The maximum Gasteiger partial charge on any atom is 1.00 e. The first kappa shape index (κ1) is 37.3. The van der Waals surface area contributed by atoms with E-state index in [-0.39, 0.29) is 61.5 Å². The Bertz CT molecular complexity index is 1070. The van der Waals surface area contributed by atoms with Crippen LogP contribution in [-0.4, -0.2) is 65.3 Å². The standard InChI is InChI=1S/C27H36N2O7S.C3H8.Na/c1-4-5-14-35-27(17(2)30)16-22(33)24(29-18(3)31)25(36-27)21(32)12-13-28-26(34)20-10-8-19(9-11-20)23-7-6-15-37-23;1-3-2;/h6-11,15,21-22,24-25,30,32-33H,2,4-5,12-14,16H2,1,3H3,(H,28,34)(H,29,31);3H2,1-2H3;/q;;+1/p-1/t21?,22?,24-,25?,27-;;/m1../s1. The molecule has 41 heavy (non-hydrogen) atoms. The van der Waals surface area contributed by atoms with E-state index < -0.39 is 41.8 Å². The van der Waals surface area contributed by atoms with E-state index in [1.54, 1.807) is 23.5 Å². The Kier molecular flexibility index (Phi) is 17.0. The number of aliphatic hydroxyl groups excluding tert-OH is 2. The maximum absolute atomic E-state index is 12.6. The van der Waals surface area contributed by atoms with Crippen molar-refractivity contribution < 1.29 is 63.9 Å². The summed E-state index contributed by atoms with van der Waals surface area (Å²) in [6.45, 7) is 11.2. The predicted octanol–water partition coefficient (Wildman–Crippen LogP) is 0.358. The molecule has 5 atom stereocenters. The fourth-order valence-corrected chi connectivity index (χ4v) is 4.99. The third kappa shape index (κ3) is 11.1. The van der Waals surface area contributed by atoms with Crippen LogP contribution < -0.4 is 45.3 Å². The van der Waals surface area contributed by atoms with Crippen LogP contribution in [0.2, 0.25) is 0 Å². The van der Waals surface area contributed by atoms with Crippen molar-refractivity contribution in [2.24, 2.45) is 0 Å². The second-order valence-corrected chi connectivity index (χ2v) is 10.8. The van der Waals surface area contributed by atoms with E-state index in [9.17, 15) is 24.9 Å². The molecule has 0 radical (unpaired) electrons. The largest absolute Gasteiger partial charge is 1.00 e. The fraction of sp³-hybridized carbons (Fsp3) is 0.533. The Morgan fingerprint density at radius 3 is 2.44 bits per heavy atom. The van der Waals surface area contributed by atoms with E-state index in [1.807, 2.05) is 36.6 Å². The van der Waals surface area contributed by atoms with E-state index in [2.05, 4.69) is 31.1 Å². The summed E-state index contributed by atoms with van der Waals surface area (Å²) in [6, 6.07) is 10.2. The molecule has 222 valence electrons. The van der Waals surface area contributed by atoms with Gasteiger partial charge in [0.05, 0.1) is 24.9 Å². The average molecular weight is 599 g/mol. The van der Waals surface area contributed by atoms with Crippen LogP contribution in [0.3, 0.4) is 0 Å². The van der Waals surface area contributed by atoms with Gasteiger partial charge in [0, 0.05) is 30.3 Å². The topological polar surface area (TPSA) is 140 Å². The second-order valence-electron chi connectivity index (χ2n) is 9.83. The summed E-state index contributed by atoms with van der Waals surface area (Å²) in [5.41, 5.74) is 1.49. The Morgan fingerprint density at radius 1 is 1.24 bits per heavy atom. The molecule has 2 heterocycles. The number of thiophene rings is 1. The van der Waals surface area contributed by atoms with Crippen molar-refractivity contribution in [3.63, 3.8) is 0 Å². The molecule has 3 rings (SSSR count). The Balaban J connectivity index is 0.00000201. The summed E-state index contributed by atoms with van der Waals surface area (Å²) in [7, 11) is 0. The number of unbranched alkanes of at least 4 members (excludes halogenated alkanes) is 1. The van der Waals surface area contributed by atoms with E-state index in [4.69, 9.17) is 9.47 Å². The van der Waals surface area contributed by atoms with Crippen LogP contribution in [0.5, 0.6) is 0 Å². The summed E-state index contributed by atoms with van der Waals surface area (Å²) in [6.07, 6.45) is -1.07. The first-order valence-corrected chi connectivity index (χ1v) is 14.7. The van der Waals surface area contributed by atoms with Gasteiger partial charge in [-0.15, -0.1) is 17.9 Å². The monoisotopic (exact) mass is 598 g/mol. The van der Waals surface area contributed by atoms with Crippen molar-refractivity contribution in [2.45, 2.75) is 89.9 Å². The smallest absolute Gasteiger partial charge is 0.872 e. The van der Waals surface area contributed by atoms with Gasteiger partial charge in [-0.05, 0) is 42.0 Å². The summed E-state index contributed by atoms with van der Waals surface area (Å²) >= 11 is 1.61. The minimum Gasteiger partial charge on any atom is -0.872 e. The van der Waals surface area contributed by atoms with Gasteiger partial charge in [0.25, 0.3) is 5.91 Å². The molecule has 1 aromatic carbocycles. The van der Waals surface area contributed by atoms with E-state index in [1.165, 1.54) is 13.3 Å². The second kappa shape index (κ2) is 18.7. The molecule has 1 saturated heterocycles. The van der Waals surface area contributed by atoms with Crippen molar-refractivity contribution in [3.05, 3.63) is 59.7 Å². The summed E-state index contributed by atoms with van der Waals surface area (Å²) < 4.78 is 11.7. The van der Waals surface area contributed by atoms with Crippen LogP contribution in [0.1, 0.15) is 70.2 Å². The van der Waals surface area contributed by atoms with Gasteiger partial charge >= 0.3 is 29.6 Å². The number of hydrogen-bond acceptors (Lipinski definition) is 8. The summed E-state index contributed by atoms with van der Waals surface area (Å²) in [5, 5.41) is 41.5. The first-order valence-electron chi connectivity index (χ1n) is 13.8. The number of carbonyl (C=O) groups excluding carboxylic acids is 2. The minimum absolute atomic E-state index is 0. The normalized spacial score (nSPS) is 22.3. The van der Waals surface area contributed by atoms with E-state index in [0.29, 0.717) is 12.0 Å². The third-order valence-electron chi connectivity index (χ3n) is 6.26. The number of carbonyl (C=O) groups is 2. The van der Waals surface area contributed by atoms with Crippen molar-refractivity contribution in [3.8, 4) is 10.4 Å². The van der Waals surface area contributed by atoms with Crippen molar-refractivity contribution >= 4 is 23.2 Å². The Labute approximate surface area is 269 Å². The molecule has 9 nitrogen and oxygen atoms in total. The molecule has 0 bridgehead atoms. The number of hydrogen-bond donors (Lipinski definition) is 4. The molecule has 0 spiro atoms. The zero-order valence-electron chi connectivity index (χ0n) is 24.9. The van der Waals surface area contributed by atoms with Gasteiger partial charge < -0.3 is 35.4 Å². The van der Waals surface area contributed by atoms with Gasteiger partial charge in [0.1, 0.15) is 6.10 Å². The Hall–Kier alpha value is -1.76. The molecular weight excluding hydrogens is 555 g/mol. The van der Waals surface area contributed by atoms with Gasteiger partial charge in [-0.25, -0.2) is 0 Å². The summed E-state index contributed by atoms with van der Waals surface area (Å²) in [5.74, 6) is -3.24. The molecule has 2 aromatic rings. The van der Waals surface area contributed by atoms with Gasteiger partial charge in [-0.3, -0.25) is 9.59 Å². The molecule has 3 unspecified atom stereocenters. The molecule has 2 amide bonds. The van der Waals surface area contributed by atoms with Crippen LogP contribution in [-0.2, 0) is 14.3 Å². The number of rotatable bonds is 12. The van der Waals surface area contributed by atoms with Gasteiger partial charge in [0.15, 0.2) is 5.79 Å². The fourth-order valence-electron chi connectivity index (χ4n) is 4.26. The number of benzene rings is 1. The van der Waals surface area contributed by atoms with Gasteiger partial charge in [-0.2, -0.15) is 0 Å². The van der Waals surface area contributed by atoms with Gasteiger partial charge in [-0.1, -0.05) is 57.6 Å². The molecule has 1 aromatic heterocycles. The molecular formula is C30H43N2NaO7S. The van der Waals surface area contributed by atoms with Crippen LogP contribution in [0.4, 0.5) is 0 Å². The van der Waals surface area contributed by atoms with Crippen molar-refractivity contribution in [2.75, 3.05) is 13.2 Å². The molecule has 1 aliphatic heterocycles. The molecule has 11 heteroatoms. The zero-order valence-corrected chi connectivity index (χ0v) is 27.7. The predicted molar refractivity (Wildman–Crippen MR) is 155 cm³/mol. The molecule has 0 aliphatic carbocycles. The summed E-state index contributed by atoms with van der Waals surface area (Å²) in [4.78, 5) is 25.5. The first-order chi connectivity index (χ1) is 19.1. The zero-order chi connectivity index (χ0) is 29.7. The maximum atomic E-state index is 12.6. The molecule has 0 saturated carbocycles.